The van der Waals surface area contributed by atoms with Crippen LogP contribution in [0.2, 0.25) is 0 Å². The number of nitrogens with zero attached hydrogens (tertiary/aromatic N) is 1. The number of sulfonamides is 1. The topological polar surface area (TPSA) is 58.6 Å². The molecule has 1 aromatic rings. The summed E-state index contributed by atoms with van der Waals surface area (Å²) in [5.74, 6) is -1.65. The smallest absolute Gasteiger partial charge is 0.218 e. The first-order valence-electron chi connectivity index (χ1n) is 7.18. The van der Waals surface area contributed by atoms with E-state index in [1.807, 2.05) is 0 Å². The average Bonchev–Trinajstić information content (AvgIpc) is 3.22. The van der Waals surface area contributed by atoms with E-state index in [1.165, 1.54) is 24.2 Å². The zero-order valence-corrected chi connectivity index (χ0v) is 12.9. The maximum absolute atomic E-state index is 14.0. The van der Waals surface area contributed by atoms with Crippen molar-refractivity contribution in [3.8, 4) is 0 Å². The van der Waals surface area contributed by atoms with Crippen LogP contribution < -0.4 is 4.72 Å². The van der Waals surface area contributed by atoms with Gasteiger partial charge in [-0.15, -0.1) is 0 Å². The van der Waals surface area contributed by atoms with E-state index in [-0.39, 0.29) is 12.2 Å². The average molecular weight is 332 g/mol. The number of hydroxylamine groups is 2. The van der Waals surface area contributed by atoms with Crippen molar-refractivity contribution in [1.82, 2.24) is 9.79 Å². The summed E-state index contributed by atoms with van der Waals surface area (Å²) in [7, 11) is -2.16. The van der Waals surface area contributed by atoms with Crippen LogP contribution in [0.4, 0.5) is 8.78 Å². The van der Waals surface area contributed by atoms with Crippen LogP contribution in [0.3, 0.4) is 0 Å². The number of rotatable bonds is 5. The molecule has 1 heterocycles. The second-order valence-corrected chi connectivity index (χ2v) is 7.79. The van der Waals surface area contributed by atoms with E-state index < -0.39 is 32.9 Å². The number of hydrogen-bond acceptors (Lipinski definition) is 4. The van der Waals surface area contributed by atoms with Crippen LogP contribution in [0, 0.1) is 17.6 Å². The Kier molecular flexibility index (Phi) is 4.19. The number of hydrogen-bond donors (Lipinski definition) is 1. The maximum atomic E-state index is 14.0. The van der Waals surface area contributed by atoms with Crippen molar-refractivity contribution in [3.05, 3.63) is 35.4 Å². The minimum Gasteiger partial charge on any atom is -0.297 e. The first kappa shape index (κ1) is 15.8. The lowest BCUT2D eigenvalue weighted by Crippen LogP contribution is -2.40. The molecule has 3 rings (SSSR count). The Hall–Kier alpha value is -1.09. The predicted molar refractivity (Wildman–Crippen MR) is 76.2 cm³/mol. The highest BCUT2D eigenvalue weighted by atomic mass is 32.2. The normalized spacial score (nSPS) is 26.5. The van der Waals surface area contributed by atoms with Gasteiger partial charge in [-0.2, -0.15) is 5.06 Å². The maximum Gasteiger partial charge on any atom is 0.218 e. The highest BCUT2D eigenvalue weighted by Crippen LogP contribution is 2.35. The summed E-state index contributed by atoms with van der Waals surface area (Å²) in [6, 6.07) is 2.87. The quantitative estimate of drug-likeness (QED) is 0.889. The Morgan fingerprint density at radius 3 is 2.77 bits per heavy atom. The minimum atomic E-state index is -3.68. The molecule has 2 aliphatic rings. The van der Waals surface area contributed by atoms with Crippen LogP contribution in [-0.4, -0.2) is 38.9 Å². The molecule has 22 heavy (non-hydrogen) atoms. The third-order valence-corrected chi connectivity index (χ3v) is 5.92. The number of nitrogens with one attached hydrogen (secondary N) is 1. The van der Waals surface area contributed by atoms with Gasteiger partial charge in [0, 0.05) is 19.2 Å². The molecule has 8 heteroatoms. The summed E-state index contributed by atoms with van der Waals surface area (Å²) in [5.41, 5.74) is -0.0122. The highest BCUT2D eigenvalue weighted by Gasteiger charge is 2.44. The second kappa shape index (κ2) is 5.84. The zero-order chi connectivity index (χ0) is 15.9. The SMILES string of the molecule is CN1OCC(S(=O)(=O)NCC2CC2)C1c1cccc(F)c1F. The fourth-order valence-corrected chi connectivity index (χ4v) is 4.24. The summed E-state index contributed by atoms with van der Waals surface area (Å²) < 4.78 is 55.0. The summed E-state index contributed by atoms with van der Waals surface area (Å²) in [4.78, 5) is 5.26. The molecule has 0 radical (unpaired) electrons. The highest BCUT2D eigenvalue weighted by molar-refractivity contribution is 7.90. The van der Waals surface area contributed by atoms with E-state index in [2.05, 4.69) is 4.72 Å². The molecule has 0 bridgehead atoms. The Labute approximate surface area is 128 Å². The van der Waals surface area contributed by atoms with Gasteiger partial charge in [0.2, 0.25) is 10.0 Å². The Morgan fingerprint density at radius 2 is 2.09 bits per heavy atom. The van der Waals surface area contributed by atoms with Gasteiger partial charge in [-0.25, -0.2) is 21.9 Å². The van der Waals surface area contributed by atoms with Crippen molar-refractivity contribution in [3.63, 3.8) is 0 Å². The monoisotopic (exact) mass is 332 g/mol. The molecule has 5 nitrogen and oxygen atoms in total. The third-order valence-electron chi connectivity index (χ3n) is 4.16. The lowest BCUT2D eigenvalue weighted by atomic mass is 10.0. The Morgan fingerprint density at radius 1 is 1.36 bits per heavy atom. The van der Waals surface area contributed by atoms with E-state index >= 15 is 0 Å². The summed E-state index contributed by atoms with van der Waals surface area (Å²) in [6.07, 6.45) is 2.04. The molecular weight excluding hydrogens is 314 g/mol. The van der Waals surface area contributed by atoms with Crippen molar-refractivity contribution in [2.45, 2.75) is 24.1 Å². The molecule has 1 saturated carbocycles. The lowest BCUT2D eigenvalue weighted by Gasteiger charge is -2.23. The number of halogens is 2. The summed E-state index contributed by atoms with van der Waals surface area (Å²) >= 11 is 0. The number of benzene rings is 1. The van der Waals surface area contributed by atoms with Crippen molar-refractivity contribution in [2.24, 2.45) is 5.92 Å². The molecule has 1 aliphatic carbocycles. The fraction of sp³-hybridized carbons (Fsp3) is 0.571. The molecular formula is C14H18F2N2O3S. The zero-order valence-electron chi connectivity index (χ0n) is 12.1. The van der Waals surface area contributed by atoms with E-state index in [4.69, 9.17) is 4.84 Å². The van der Waals surface area contributed by atoms with Crippen molar-refractivity contribution in [1.29, 1.82) is 0 Å². The minimum absolute atomic E-state index is 0.0122. The van der Waals surface area contributed by atoms with E-state index in [0.29, 0.717) is 12.5 Å². The van der Waals surface area contributed by atoms with Crippen molar-refractivity contribution in [2.75, 3.05) is 20.2 Å². The summed E-state index contributed by atoms with van der Waals surface area (Å²) in [5, 5.41) is 0.298. The fourth-order valence-electron chi connectivity index (χ4n) is 2.66. The third kappa shape index (κ3) is 3.01. The van der Waals surface area contributed by atoms with Crippen molar-refractivity contribution < 1.29 is 22.0 Å². The Balaban J connectivity index is 1.88. The molecule has 0 spiro atoms. The molecule has 2 fully saturated rings. The second-order valence-electron chi connectivity index (χ2n) is 5.81. The van der Waals surface area contributed by atoms with Gasteiger partial charge in [0.25, 0.3) is 0 Å². The molecule has 2 unspecified atom stereocenters. The standard InChI is InChI=1S/C14H18F2N2O3S/c1-18-14(10-3-2-4-11(15)13(10)16)12(8-21-18)22(19,20)17-7-9-5-6-9/h2-4,9,12,14,17H,5-8H2,1H3. The van der Waals surface area contributed by atoms with Gasteiger partial charge < -0.3 is 0 Å². The molecule has 0 aromatic heterocycles. The van der Waals surface area contributed by atoms with E-state index in [0.717, 1.165) is 18.9 Å². The predicted octanol–water partition coefficient (Wildman–Crippen LogP) is 1.58. The molecule has 2 atom stereocenters. The lowest BCUT2D eigenvalue weighted by molar-refractivity contribution is -0.111. The van der Waals surface area contributed by atoms with Gasteiger partial charge in [-0.05, 0) is 24.8 Å². The van der Waals surface area contributed by atoms with Gasteiger partial charge in [0.15, 0.2) is 11.6 Å². The van der Waals surface area contributed by atoms with Gasteiger partial charge in [0.1, 0.15) is 5.25 Å². The van der Waals surface area contributed by atoms with Crippen LogP contribution in [0.25, 0.3) is 0 Å². The molecule has 1 saturated heterocycles. The van der Waals surface area contributed by atoms with Crippen LogP contribution in [0.1, 0.15) is 24.4 Å². The van der Waals surface area contributed by atoms with Gasteiger partial charge >= 0.3 is 0 Å². The van der Waals surface area contributed by atoms with Gasteiger partial charge in [0.05, 0.1) is 12.6 Å². The molecule has 1 N–H and O–H groups in total. The van der Waals surface area contributed by atoms with Crippen molar-refractivity contribution >= 4 is 10.0 Å². The molecule has 1 aromatic carbocycles. The van der Waals surface area contributed by atoms with Gasteiger partial charge in [-0.3, -0.25) is 4.84 Å². The van der Waals surface area contributed by atoms with Crippen LogP contribution in [0.15, 0.2) is 18.2 Å². The molecule has 122 valence electrons. The van der Waals surface area contributed by atoms with Crippen LogP contribution in [-0.2, 0) is 14.9 Å². The largest absolute Gasteiger partial charge is 0.297 e. The molecule has 0 amide bonds. The van der Waals surface area contributed by atoms with Gasteiger partial charge in [-0.1, -0.05) is 12.1 Å². The van der Waals surface area contributed by atoms with Crippen LogP contribution >= 0.6 is 0 Å². The summed E-state index contributed by atoms with van der Waals surface area (Å²) in [6.45, 7) is 0.304. The first-order valence-corrected chi connectivity index (χ1v) is 8.73. The van der Waals surface area contributed by atoms with E-state index in [9.17, 15) is 17.2 Å². The van der Waals surface area contributed by atoms with Crippen LogP contribution in [0.5, 0.6) is 0 Å². The first-order chi connectivity index (χ1) is 10.4. The molecule has 1 aliphatic heterocycles. The Bertz CT molecular complexity index is 664. The van der Waals surface area contributed by atoms with E-state index in [1.54, 1.807) is 0 Å².